The van der Waals surface area contributed by atoms with Gasteiger partial charge in [-0.3, -0.25) is 25.8 Å². The number of benzene rings is 1. The molecule has 18 heavy (non-hydrogen) atoms. The number of para-hydroxylation sites is 1. The Labute approximate surface area is 104 Å². The van der Waals surface area contributed by atoms with Gasteiger partial charge in [-0.1, -0.05) is 12.1 Å². The van der Waals surface area contributed by atoms with Crippen molar-refractivity contribution in [3.63, 3.8) is 0 Å². The van der Waals surface area contributed by atoms with Crippen molar-refractivity contribution >= 4 is 11.6 Å². The molecule has 0 heterocycles. The first kappa shape index (κ1) is 13.5. The second-order valence-corrected chi connectivity index (χ2v) is 3.21. The van der Waals surface area contributed by atoms with Gasteiger partial charge in [-0.25, -0.2) is 0 Å². The van der Waals surface area contributed by atoms with Crippen LogP contribution >= 0.6 is 0 Å². The quantitative estimate of drug-likeness (QED) is 0.452. The van der Waals surface area contributed by atoms with Gasteiger partial charge in [-0.15, -0.1) is 0 Å². The van der Waals surface area contributed by atoms with Crippen molar-refractivity contribution in [3.05, 3.63) is 52.4 Å². The summed E-state index contributed by atoms with van der Waals surface area (Å²) in [5.41, 5.74) is 4.36. The number of ether oxygens (including phenoxy) is 1. The highest BCUT2D eigenvalue weighted by Gasteiger charge is 2.18. The molecule has 0 aliphatic rings. The Morgan fingerprint density at radius 2 is 2.11 bits per heavy atom. The number of nitro groups is 1. The molecule has 0 aliphatic heterocycles. The highest BCUT2D eigenvalue weighted by Crippen LogP contribution is 2.16. The first-order chi connectivity index (χ1) is 8.56. The van der Waals surface area contributed by atoms with Crippen LogP contribution in [0.2, 0.25) is 0 Å². The van der Waals surface area contributed by atoms with E-state index in [0.29, 0.717) is 6.61 Å². The predicted molar refractivity (Wildman–Crippen MR) is 64.5 cm³/mol. The molecule has 1 aromatic rings. The average molecular weight is 251 g/mol. The largest absolute Gasteiger partial charge is 0.479 e. The molecular formula is C11H13N3O4. The number of carbonyl (C=O) groups is 1. The number of nitrogens with one attached hydrogen (secondary N) is 2. The Kier molecular flexibility index (Phi) is 4.67. The number of hydrogen-bond donors (Lipinski definition) is 2. The number of amides is 1. The Hall–Kier alpha value is -2.57. The molecule has 1 aromatic carbocycles. The second kappa shape index (κ2) is 6.24. The van der Waals surface area contributed by atoms with Crippen LogP contribution in [0.3, 0.4) is 0 Å². The molecule has 0 spiro atoms. The first-order valence-corrected chi connectivity index (χ1v) is 5.17. The normalized spacial score (nSPS) is 9.39. The molecule has 0 unspecified atom stereocenters. The molecule has 7 heteroatoms. The summed E-state index contributed by atoms with van der Waals surface area (Å²) in [6.07, 6.45) is 0. The van der Waals surface area contributed by atoms with Gasteiger partial charge in [0, 0.05) is 6.07 Å². The van der Waals surface area contributed by atoms with E-state index < -0.39 is 10.8 Å². The van der Waals surface area contributed by atoms with Crippen LogP contribution in [0.15, 0.2) is 36.7 Å². The molecule has 0 bridgehead atoms. The van der Waals surface area contributed by atoms with Gasteiger partial charge in [-0.05, 0) is 19.6 Å². The van der Waals surface area contributed by atoms with Crippen LogP contribution in [0.1, 0.15) is 17.3 Å². The summed E-state index contributed by atoms with van der Waals surface area (Å²) in [4.78, 5) is 21.8. The molecule has 1 amide bonds. The highest BCUT2D eigenvalue weighted by atomic mass is 16.6. The molecule has 7 nitrogen and oxygen atoms in total. The highest BCUT2D eigenvalue weighted by molar-refractivity contribution is 5.97. The summed E-state index contributed by atoms with van der Waals surface area (Å²) in [5.74, 6) is -0.479. The molecule has 0 aromatic heterocycles. The van der Waals surface area contributed by atoms with E-state index in [9.17, 15) is 14.9 Å². The lowest BCUT2D eigenvalue weighted by Gasteiger charge is -2.10. The Bertz CT molecular complexity index is 473. The standard InChI is InChI=1S/C11H13N3O4/c1-3-18-8(2)12-13-11(15)9-6-4-5-7-10(9)14(16)17/h4-7,12H,2-3H2,1H3,(H,13,15). The molecule has 2 N–H and O–H groups in total. The number of nitrogens with zero attached hydrogens (tertiary/aromatic N) is 1. The molecule has 0 radical (unpaired) electrons. The third kappa shape index (κ3) is 3.48. The maximum atomic E-state index is 11.7. The third-order valence-corrected chi connectivity index (χ3v) is 1.98. The van der Waals surface area contributed by atoms with E-state index in [0.717, 1.165) is 0 Å². The fourth-order valence-corrected chi connectivity index (χ4v) is 1.23. The summed E-state index contributed by atoms with van der Waals surface area (Å²) in [6.45, 7) is 5.64. The van der Waals surface area contributed by atoms with Crippen molar-refractivity contribution in [2.24, 2.45) is 0 Å². The molecular weight excluding hydrogens is 238 g/mol. The molecule has 0 saturated heterocycles. The van der Waals surface area contributed by atoms with E-state index in [1.165, 1.54) is 18.2 Å². The van der Waals surface area contributed by atoms with Crippen molar-refractivity contribution in [2.45, 2.75) is 6.92 Å². The lowest BCUT2D eigenvalue weighted by molar-refractivity contribution is -0.385. The summed E-state index contributed by atoms with van der Waals surface area (Å²) in [7, 11) is 0. The predicted octanol–water partition coefficient (Wildman–Crippen LogP) is 1.34. The van der Waals surface area contributed by atoms with E-state index in [1.807, 2.05) is 0 Å². The van der Waals surface area contributed by atoms with Crippen LogP contribution in [0, 0.1) is 10.1 Å². The molecule has 0 saturated carbocycles. The Balaban J connectivity index is 2.73. The van der Waals surface area contributed by atoms with Crippen molar-refractivity contribution in [2.75, 3.05) is 6.61 Å². The van der Waals surface area contributed by atoms with Crippen molar-refractivity contribution < 1.29 is 14.5 Å². The summed E-state index contributed by atoms with van der Waals surface area (Å²) in [5, 5.41) is 10.7. The minimum absolute atomic E-state index is 0.0423. The van der Waals surface area contributed by atoms with E-state index in [1.54, 1.807) is 13.0 Å². The van der Waals surface area contributed by atoms with Gasteiger partial charge >= 0.3 is 0 Å². The second-order valence-electron chi connectivity index (χ2n) is 3.21. The van der Waals surface area contributed by atoms with E-state index in [2.05, 4.69) is 17.4 Å². The fourth-order valence-electron chi connectivity index (χ4n) is 1.23. The average Bonchev–Trinajstić information content (AvgIpc) is 2.36. The molecule has 1 rings (SSSR count). The zero-order valence-corrected chi connectivity index (χ0v) is 9.80. The van der Waals surface area contributed by atoms with E-state index >= 15 is 0 Å². The van der Waals surface area contributed by atoms with Gasteiger partial charge in [0.05, 0.1) is 11.5 Å². The zero-order chi connectivity index (χ0) is 13.5. The van der Waals surface area contributed by atoms with Gasteiger partial charge in [0.15, 0.2) is 5.88 Å². The number of rotatable bonds is 6. The fraction of sp³-hybridized carbons (Fsp3) is 0.182. The van der Waals surface area contributed by atoms with Crippen LogP contribution in [0.4, 0.5) is 5.69 Å². The van der Waals surface area contributed by atoms with Gasteiger partial charge in [0.1, 0.15) is 5.56 Å². The SMILES string of the molecule is C=C(NNC(=O)c1ccccc1[N+](=O)[O-])OCC. The van der Waals surface area contributed by atoms with Gasteiger partial charge < -0.3 is 4.74 Å². The van der Waals surface area contributed by atoms with Crippen LogP contribution in [0.25, 0.3) is 0 Å². The maximum absolute atomic E-state index is 11.7. The molecule has 0 aliphatic carbocycles. The topological polar surface area (TPSA) is 93.5 Å². The monoisotopic (exact) mass is 251 g/mol. The lowest BCUT2D eigenvalue weighted by atomic mass is 10.2. The Morgan fingerprint density at radius 3 is 2.72 bits per heavy atom. The van der Waals surface area contributed by atoms with Crippen LogP contribution < -0.4 is 10.9 Å². The summed E-state index contributed by atoms with van der Waals surface area (Å²) >= 11 is 0. The molecule has 0 atom stereocenters. The zero-order valence-electron chi connectivity index (χ0n) is 9.80. The first-order valence-electron chi connectivity index (χ1n) is 5.17. The van der Waals surface area contributed by atoms with Crippen LogP contribution in [-0.2, 0) is 4.74 Å². The third-order valence-electron chi connectivity index (χ3n) is 1.98. The lowest BCUT2D eigenvalue weighted by Crippen LogP contribution is -2.37. The van der Waals surface area contributed by atoms with E-state index in [4.69, 9.17) is 4.74 Å². The number of hydrogen-bond acceptors (Lipinski definition) is 5. The van der Waals surface area contributed by atoms with Gasteiger partial charge in [0.2, 0.25) is 0 Å². The van der Waals surface area contributed by atoms with Crippen LogP contribution in [-0.4, -0.2) is 17.4 Å². The van der Waals surface area contributed by atoms with Crippen molar-refractivity contribution in [1.82, 2.24) is 10.9 Å². The van der Waals surface area contributed by atoms with Gasteiger partial charge in [0.25, 0.3) is 11.6 Å². The van der Waals surface area contributed by atoms with Crippen LogP contribution in [0.5, 0.6) is 0 Å². The minimum atomic E-state index is -0.636. The van der Waals surface area contributed by atoms with Crippen molar-refractivity contribution in [1.29, 1.82) is 0 Å². The van der Waals surface area contributed by atoms with Crippen molar-refractivity contribution in [3.8, 4) is 0 Å². The number of carbonyl (C=O) groups excluding carboxylic acids is 1. The number of hydrazine groups is 1. The minimum Gasteiger partial charge on any atom is -0.479 e. The maximum Gasteiger partial charge on any atom is 0.282 e. The summed E-state index contributed by atoms with van der Waals surface area (Å²) < 4.78 is 4.95. The van der Waals surface area contributed by atoms with E-state index in [-0.39, 0.29) is 17.1 Å². The van der Waals surface area contributed by atoms with Gasteiger partial charge in [-0.2, -0.15) is 0 Å². The number of nitro benzene ring substituents is 1. The smallest absolute Gasteiger partial charge is 0.282 e. The molecule has 0 fully saturated rings. The molecule has 96 valence electrons. The summed E-state index contributed by atoms with van der Waals surface area (Å²) in [6, 6.07) is 5.64. The Morgan fingerprint density at radius 1 is 1.44 bits per heavy atom.